The number of benzene rings is 1. The average molecular weight is 505 g/mol. The summed E-state index contributed by atoms with van der Waals surface area (Å²) in [6.45, 7) is 4.91. The molecule has 2 aromatic heterocycles. The van der Waals surface area contributed by atoms with Crippen molar-refractivity contribution in [1.29, 1.82) is 0 Å². The summed E-state index contributed by atoms with van der Waals surface area (Å²) in [4.78, 5) is 36.7. The van der Waals surface area contributed by atoms with E-state index in [9.17, 15) is 22.8 Å². The molecular formula is C24H26F3N5O4. The van der Waals surface area contributed by atoms with Gasteiger partial charge in [-0.25, -0.2) is 9.97 Å². The van der Waals surface area contributed by atoms with Crippen molar-refractivity contribution in [2.45, 2.75) is 32.5 Å². The van der Waals surface area contributed by atoms with Gasteiger partial charge in [-0.05, 0) is 31.2 Å². The van der Waals surface area contributed by atoms with E-state index in [-0.39, 0.29) is 34.5 Å². The van der Waals surface area contributed by atoms with E-state index in [1.54, 1.807) is 29.7 Å². The second-order valence-corrected chi connectivity index (χ2v) is 8.45. The van der Waals surface area contributed by atoms with Crippen molar-refractivity contribution < 1.29 is 31.9 Å². The van der Waals surface area contributed by atoms with Crippen molar-refractivity contribution in [2.24, 2.45) is 5.73 Å². The number of carbonyl (C=O) groups is 2. The molecule has 0 saturated carbocycles. The lowest BCUT2D eigenvalue weighted by Crippen LogP contribution is -2.50. The molecular weight excluding hydrogens is 479 g/mol. The molecule has 1 aliphatic rings. The molecule has 1 atom stereocenters. The maximum Gasteiger partial charge on any atom is 0.433 e. The van der Waals surface area contributed by atoms with E-state index in [1.807, 2.05) is 0 Å². The number of nitrogens with two attached hydrogens (primary N) is 1. The first-order valence-corrected chi connectivity index (χ1v) is 11.4. The molecule has 3 heterocycles. The Hall–Kier alpha value is -3.67. The van der Waals surface area contributed by atoms with Crippen LogP contribution in [-0.2, 0) is 11.0 Å². The molecule has 1 aliphatic heterocycles. The van der Waals surface area contributed by atoms with Gasteiger partial charge >= 0.3 is 6.18 Å². The first-order chi connectivity index (χ1) is 17.0. The highest BCUT2D eigenvalue weighted by Gasteiger charge is 2.34. The van der Waals surface area contributed by atoms with E-state index in [0.29, 0.717) is 43.5 Å². The van der Waals surface area contributed by atoms with Gasteiger partial charge in [-0.3, -0.25) is 9.59 Å². The minimum Gasteiger partial charge on any atom is -0.494 e. The zero-order valence-corrected chi connectivity index (χ0v) is 20.1. The highest BCUT2D eigenvalue weighted by Crippen LogP contribution is 2.37. The lowest BCUT2D eigenvalue weighted by atomic mass is 10.1. The maximum atomic E-state index is 13.3. The molecule has 4 rings (SSSR count). The Balaban J connectivity index is 1.73. The first kappa shape index (κ1) is 25.4. The van der Waals surface area contributed by atoms with Crippen molar-refractivity contribution in [3.63, 3.8) is 0 Å². The molecule has 2 N–H and O–H groups in total. The number of pyridine rings is 1. The summed E-state index contributed by atoms with van der Waals surface area (Å²) >= 11 is 0. The average Bonchev–Trinajstić information content (AvgIpc) is 3.32. The highest BCUT2D eigenvalue weighted by molar-refractivity contribution is 5.98. The summed E-state index contributed by atoms with van der Waals surface area (Å²) in [5.41, 5.74) is 5.35. The summed E-state index contributed by atoms with van der Waals surface area (Å²) in [7, 11) is 1.33. The SMILES string of the molecule is CCC(=O)N1CCN(C(=O)c2nc(-c3ccc(OC)c4nc(C(F)(F)F)ccc34)oc2[C@H](C)N)CC1. The molecule has 36 heavy (non-hydrogen) atoms. The maximum absolute atomic E-state index is 13.3. The van der Waals surface area contributed by atoms with Crippen LogP contribution < -0.4 is 10.5 Å². The number of oxazole rings is 1. The molecule has 0 unspecified atom stereocenters. The molecule has 2 amide bonds. The number of carbonyl (C=O) groups excluding carboxylic acids is 2. The van der Waals surface area contributed by atoms with E-state index < -0.39 is 23.8 Å². The van der Waals surface area contributed by atoms with Crippen LogP contribution in [-0.4, -0.2) is 64.9 Å². The smallest absolute Gasteiger partial charge is 0.433 e. The number of amides is 2. The molecule has 0 aliphatic carbocycles. The third kappa shape index (κ3) is 4.72. The minimum atomic E-state index is -4.63. The monoisotopic (exact) mass is 505 g/mol. The van der Waals surface area contributed by atoms with Gasteiger partial charge in [-0.15, -0.1) is 0 Å². The van der Waals surface area contributed by atoms with Crippen LogP contribution in [0.3, 0.4) is 0 Å². The summed E-state index contributed by atoms with van der Waals surface area (Å²) < 4.78 is 50.9. The van der Waals surface area contributed by atoms with Crippen molar-refractivity contribution in [2.75, 3.05) is 33.3 Å². The summed E-state index contributed by atoms with van der Waals surface area (Å²) in [5, 5.41) is 0.311. The Morgan fingerprint density at radius 1 is 1.11 bits per heavy atom. The first-order valence-electron chi connectivity index (χ1n) is 11.4. The van der Waals surface area contributed by atoms with Gasteiger partial charge in [0.2, 0.25) is 11.8 Å². The number of methoxy groups -OCH3 is 1. The summed E-state index contributed by atoms with van der Waals surface area (Å²) in [6, 6.07) is 4.50. The number of aromatic nitrogens is 2. The van der Waals surface area contributed by atoms with E-state index in [0.717, 1.165) is 6.07 Å². The van der Waals surface area contributed by atoms with Crippen molar-refractivity contribution in [3.05, 3.63) is 41.4 Å². The van der Waals surface area contributed by atoms with Gasteiger partial charge in [0.15, 0.2) is 11.5 Å². The Morgan fingerprint density at radius 3 is 2.36 bits per heavy atom. The van der Waals surface area contributed by atoms with Gasteiger partial charge in [0.1, 0.15) is 17.0 Å². The zero-order chi connectivity index (χ0) is 26.2. The molecule has 0 bridgehead atoms. The van der Waals surface area contributed by atoms with E-state index in [4.69, 9.17) is 14.9 Å². The van der Waals surface area contributed by atoms with Gasteiger partial charge < -0.3 is 24.7 Å². The van der Waals surface area contributed by atoms with Gasteiger partial charge in [0.05, 0.1) is 13.2 Å². The van der Waals surface area contributed by atoms with Crippen LogP contribution in [0.25, 0.3) is 22.4 Å². The van der Waals surface area contributed by atoms with Crippen molar-refractivity contribution >= 4 is 22.7 Å². The van der Waals surface area contributed by atoms with Crippen molar-refractivity contribution in [3.8, 4) is 17.2 Å². The fourth-order valence-electron chi connectivity index (χ4n) is 4.14. The van der Waals surface area contributed by atoms with Crippen LogP contribution in [0, 0.1) is 0 Å². The van der Waals surface area contributed by atoms with Crippen LogP contribution in [0.1, 0.15) is 48.3 Å². The van der Waals surface area contributed by atoms with Crippen molar-refractivity contribution in [1.82, 2.24) is 19.8 Å². The quantitative estimate of drug-likeness (QED) is 0.563. The van der Waals surface area contributed by atoms with Gasteiger partial charge in [-0.1, -0.05) is 6.92 Å². The predicted molar refractivity (Wildman–Crippen MR) is 124 cm³/mol. The van der Waals surface area contributed by atoms with E-state index in [1.165, 1.54) is 19.2 Å². The molecule has 0 radical (unpaired) electrons. The summed E-state index contributed by atoms with van der Waals surface area (Å²) in [5.74, 6) is -0.0351. The second-order valence-electron chi connectivity index (χ2n) is 8.45. The predicted octanol–water partition coefficient (Wildman–Crippen LogP) is 3.63. The molecule has 3 aromatic rings. The fraction of sp³-hybridized carbons (Fsp3) is 0.417. The number of piperazine rings is 1. The molecule has 12 heteroatoms. The molecule has 1 saturated heterocycles. The van der Waals surface area contributed by atoms with Crippen LogP contribution in [0.5, 0.6) is 5.75 Å². The third-order valence-electron chi connectivity index (χ3n) is 6.05. The number of alkyl halides is 3. The normalized spacial score (nSPS) is 15.3. The Labute approximate surface area is 205 Å². The number of hydrogen-bond acceptors (Lipinski definition) is 7. The highest BCUT2D eigenvalue weighted by atomic mass is 19.4. The second kappa shape index (κ2) is 9.76. The lowest BCUT2D eigenvalue weighted by Gasteiger charge is -2.34. The minimum absolute atomic E-state index is 0.0186. The number of nitrogens with zero attached hydrogens (tertiary/aromatic N) is 4. The lowest BCUT2D eigenvalue weighted by molar-refractivity contribution is -0.141. The molecule has 1 fully saturated rings. The molecule has 0 spiro atoms. The standard InChI is InChI=1S/C24H26F3N5O4/c1-4-18(33)31-9-11-32(12-10-31)23(34)20-21(13(2)28)36-22(30-20)15-5-7-16(35-3)19-14(15)6-8-17(29-19)24(25,26)27/h5-8,13H,4,9-12,28H2,1-3H3/t13-/m0/s1. The number of hydrogen-bond donors (Lipinski definition) is 1. The molecule has 192 valence electrons. The van der Waals surface area contributed by atoms with Gasteiger partial charge in [0, 0.05) is 43.5 Å². The number of halogens is 3. The van der Waals surface area contributed by atoms with Gasteiger partial charge in [-0.2, -0.15) is 13.2 Å². The topological polar surface area (TPSA) is 115 Å². The largest absolute Gasteiger partial charge is 0.494 e. The van der Waals surface area contributed by atoms with Crippen LogP contribution in [0.2, 0.25) is 0 Å². The zero-order valence-electron chi connectivity index (χ0n) is 20.1. The van der Waals surface area contributed by atoms with Crippen LogP contribution >= 0.6 is 0 Å². The van der Waals surface area contributed by atoms with Crippen LogP contribution in [0.4, 0.5) is 13.2 Å². The number of fused-ring (bicyclic) bond motifs is 1. The van der Waals surface area contributed by atoms with E-state index >= 15 is 0 Å². The van der Waals surface area contributed by atoms with E-state index in [2.05, 4.69) is 9.97 Å². The Morgan fingerprint density at radius 2 is 1.78 bits per heavy atom. The summed E-state index contributed by atoms with van der Waals surface area (Å²) in [6.07, 6.45) is -4.24. The Kier molecular flexibility index (Phi) is 6.90. The third-order valence-corrected chi connectivity index (χ3v) is 6.05. The molecule has 1 aromatic carbocycles. The Bertz CT molecular complexity index is 1300. The van der Waals surface area contributed by atoms with Crippen LogP contribution in [0.15, 0.2) is 28.7 Å². The molecule has 9 nitrogen and oxygen atoms in total. The number of rotatable bonds is 5. The number of ether oxygens (including phenoxy) is 1. The fourth-order valence-corrected chi connectivity index (χ4v) is 4.14. The van der Waals surface area contributed by atoms with Gasteiger partial charge in [0.25, 0.3) is 5.91 Å².